The van der Waals surface area contributed by atoms with E-state index in [1.807, 2.05) is 0 Å². The number of halogens is 1. The maximum atomic E-state index is 12.8. The van der Waals surface area contributed by atoms with Crippen LogP contribution in [0.3, 0.4) is 0 Å². The van der Waals surface area contributed by atoms with Crippen molar-refractivity contribution in [1.29, 1.82) is 0 Å². The minimum atomic E-state index is -3.50. The van der Waals surface area contributed by atoms with Gasteiger partial charge in [-0.15, -0.1) is 0 Å². The fourth-order valence-corrected chi connectivity index (χ4v) is 4.62. The number of carbonyl (C=O) groups is 1. The van der Waals surface area contributed by atoms with Gasteiger partial charge >= 0.3 is 0 Å². The lowest BCUT2D eigenvalue weighted by molar-refractivity contribution is 0.102. The summed E-state index contributed by atoms with van der Waals surface area (Å²) in [6.07, 6.45) is 5.40. The number of hydrogen-bond donors (Lipinski definition) is 1. The summed E-state index contributed by atoms with van der Waals surface area (Å²) in [5, 5.41) is 2.81. The number of rotatable bonds is 4. The topological polar surface area (TPSA) is 79.4 Å². The number of sulfonamides is 1. The van der Waals surface area contributed by atoms with Crippen molar-refractivity contribution >= 4 is 33.2 Å². The van der Waals surface area contributed by atoms with Crippen molar-refractivity contribution in [2.24, 2.45) is 0 Å². The Labute approximate surface area is 158 Å². The largest absolute Gasteiger partial charge is 0.322 e. The Balaban J connectivity index is 1.74. The Morgan fingerprint density at radius 3 is 2.31 bits per heavy atom. The van der Waals surface area contributed by atoms with Gasteiger partial charge in [0.1, 0.15) is 5.15 Å². The summed E-state index contributed by atoms with van der Waals surface area (Å²) in [7, 11) is -3.50. The zero-order chi connectivity index (χ0) is 18.6. The standard InChI is InChI=1S/C18H20ClN3O3S/c19-17-16(6-5-11-20-17)18(23)21-14-7-9-15(10-8-14)26(24,25)22-12-3-1-2-4-13-22/h5-11H,1-4,12-13H2,(H,21,23). The smallest absolute Gasteiger partial charge is 0.258 e. The third-order valence-electron chi connectivity index (χ3n) is 4.32. The van der Waals surface area contributed by atoms with Crippen LogP contribution in [0.5, 0.6) is 0 Å². The van der Waals surface area contributed by atoms with Gasteiger partial charge in [0.25, 0.3) is 5.91 Å². The molecule has 26 heavy (non-hydrogen) atoms. The van der Waals surface area contributed by atoms with E-state index in [4.69, 9.17) is 11.6 Å². The van der Waals surface area contributed by atoms with Crippen molar-refractivity contribution in [2.45, 2.75) is 30.6 Å². The Hall–Kier alpha value is -1.96. The van der Waals surface area contributed by atoms with Crippen molar-refractivity contribution in [2.75, 3.05) is 18.4 Å². The summed E-state index contributed by atoms with van der Waals surface area (Å²) < 4.78 is 27.0. The lowest BCUT2D eigenvalue weighted by atomic mass is 10.2. The molecule has 1 amide bonds. The van der Waals surface area contributed by atoms with Gasteiger partial charge in [0, 0.05) is 25.0 Å². The number of benzene rings is 1. The van der Waals surface area contributed by atoms with Crippen LogP contribution in [-0.2, 0) is 10.0 Å². The average molecular weight is 394 g/mol. The maximum absolute atomic E-state index is 12.8. The van der Waals surface area contributed by atoms with E-state index < -0.39 is 15.9 Å². The van der Waals surface area contributed by atoms with Crippen LogP contribution in [0, 0.1) is 0 Å². The zero-order valence-corrected chi connectivity index (χ0v) is 15.8. The lowest BCUT2D eigenvalue weighted by Gasteiger charge is -2.20. The molecule has 0 saturated carbocycles. The van der Waals surface area contributed by atoms with E-state index in [2.05, 4.69) is 10.3 Å². The van der Waals surface area contributed by atoms with Crippen LogP contribution < -0.4 is 5.32 Å². The molecule has 0 radical (unpaired) electrons. The van der Waals surface area contributed by atoms with Gasteiger partial charge in [0.05, 0.1) is 10.5 Å². The van der Waals surface area contributed by atoms with Gasteiger partial charge in [0.2, 0.25) is 10.0 Å². The van der Waals surface area contributed by atoms with Crippen LogP contribution in [0.25, 0.3) is 0 Å². The summed E-state index contributed by atoms with van der Waals surface area (Å²) in [5.41, 5.74) is 0.750. The molecule has 8 heteroatoms. The van der Waals surface area contributed by atoms with Gasteiger partial charge in [-0.3, -0.25) is 4.79 Å². The first kappa shape index (κ1) is 18.8. The van der Waals surface area contributed by atoms with Crippen molar-refractivity contribution in [1.82, 2.24) is 9.29 Å². The molecule has 0 atom stereocenters. The molecule has 0 bridgehead atoms. The second-order valence-electron chi connectivity index (χ2n) is 6.14. The zero-order valence-electron chi connectivity index (χ0n) is 14.2. The van der Waals surface area contributed by atoms with Crippen LogP contribution in [0.2, 0.25) is 5.15 Å². The fraction of sp³-hybridized carbons (Fsp3) is 0.333. The van der Waals surface area contributed by atoms with Crippen LogP contribution in [0.15, 0.2) is 47.5 Å². The fourth-order valence-electron chi connectivity index (χ4n) is 2.90. The van der Waals surface area contributed by atoms with E-state index in [1.165, 1.54) is 18.3 Å². The normalized spacial score (nSPS) is 16.0. The maximum Gasteiger partial charge on any atom is 0.258 e. The second kappa shape index (κ2) is 8.16. The van der Waals surface area contributed by atoms with Crippen molar-refractivity contribution in [3.63, 3.8) is 0 Å². The van der Waals surface area contributed by atoms with Crippen LogP contribution in [0.1, 0.15) is 36.0 Å². The Kier molecular flexibility index (Phi) is 5.90. The third kappa shape index (κ3) is 4.23. The third-order valence-corrected chi connectivity index (χ3v) is 6.53. The molecule has 0 aliphatic carbocycles. The Bertz CT molecular complexity index is 877. The first-order valence-corrected chi connectivity index (χ1v) is 10.3. The first-order chi connectivity index (χ1) is 12.5. The van der Waals surface area contributed by atoms with Crippen molar-refractivity contribution < 1.29 is 13.2 Å². The van der Waals surface area contributed by atoms with Gasteiger partial charge in [0.15, 0.2) is 0 Å². The molecular formula is C18H20ClN3O3S. The molecule has 6 nitrogen and oxygen atoms in total. The van der Waals surface area contributed by atoms with E-state index in [-0.39, 0.29) is 15.6 Å². The minimum absolute atomic E-state index is 0.116. The quantitative estimate of drug-likeness (QED) is 0.805. The van der Waals surface area contributed by atoms with E-state index in [0.717, 1.165) is 25.7 Å². The predicted octanol–water partition coefficient (Wildman–Crippen LogP) is 3.55. The van der Waals surface area contributed by atoms with E-state index in [0.29, 0.717) is 18.8 Å². The van der Waals surface area contributed by atoms with Crippen LogP contribution >= 0.6 is 11.6 Å². The molecule has 1 aliphatic heterocycles. The number of amides is 1. The van der Waals surface area contributed by atoms with Gasteiger partial charge in [-0.05, 0) is 49.2 Å². The van der Waals surface area contributed by atoms with Crippen molar-refractivity contribution in [3.05, 3.63) is 53.3 Å². The Morgan fingerprint density at radius 1 is 1.04 bits per heavy atom. The number of anilines is 1. The molecular weight excluding hydrogens is 374 g/mol. The SMILES string of the molecule is O=C(Nc1ccc(S(=O)(=O)N2CCCCCC2)cc1)c1cccnc1Cl. The number of hydrogen-bond acceptors (Lipinski definition) is 4. The summed E-state index contributed by atoms with van der Waals surface area (Å²) in [6.45, 7) is 1.11. The van der Waals surface area contributed by atoms with E-state index in [1.54, 1.807) is 28.6 Å². The molecule has 1 aromatic carbocycles. The summed E-state index contributed by atoms with van der Waals surface area (Å²) in [6, 6.07) is 9.38. The van der Waals surface area contributed by atoms with E-state index in [9.17, 15) is 13.2 Å². The molecule has 1 aliphatic rings. The molecule has 2 aromatic rings. The number of pyridine rings is 1. The van der Waals surface area contributed by atoms with Crippen molar-refractivity contribution in [3.8, 4) is 0 Å². The molecule has 0 spiro atoms. The number of nitrogens with one attached hydrogen (secondary N) is 1. The van der Waals surface area contributed by atoms with E-state index >= 15 is 0 Å². The highest BCUT2D eigenvalue weighted by Gasteiger charge is 2.25. The highest BCUT2D eigenvalue weighted by atomic mass is 35.5. The summed E-state index contributed by atoms with van der Waals surface area (Å²) in [5.74, 6) is -0.397. The first-order valence-electron chi connectivity index (χ1n) is 8.50. The molecule has 1 N–H and O–H groups in total. The monoisotopic (exact) mass is 393 g/mol. The predicted molar refractivity (Wildman–Crippen MR) is 101 cm³/mol. The number of carbonyl (C=O) groups excluding carboxylic acids is 1. The summed E-state index contributed by atoms with van der Waals surface area (Å²) in [4.78, 5) is 16.3. The van der Waals surface area contributed by atoms with Gasteiger partial charge in [-0.25, -0.2) is 13.4 Å². The molecule has 3 rings (SSSR count). The molecule has 138 valence electrons. The Morgan fingerprint density at radius 2 is 1.69 bits per heavy atom. The van der Waals surface area contributed by atoms with Gasteiger partial charge in [-0.2, -0.15) is 4.31 Å². The van der Waals surface area contributed by atoms with Crippen LogP contribution in [-0.4, -0.2) is 36.7 Å². The highest BCUT2D eigenvalue weighted by molar-refractivity contribution is 7.89. The molecule has 1 saturated heterocycles. The minimum Gasteiger partial charge on any atom is -0.322 e. The number of aromatic nitrogens is 1. The number of nitrogens with zero attached hydrogens (tertiary/aromatic N) is 2. The highest BCUT2D eigenvalue weighted by Crippen LogP contribution is 2.22. The lowest BCUT2D eigenvalue weighted by Crippen LogP contribution is -2.31. The molecule has 1 aromatic heterocycles. The van der Waals surface area contributed by atoms with Gasteiger partial charge in [-0.1, -0.05) is 24.4 Å². The van der Waals surface area contributed by atoms with Gasteiger partial charge < -0.3 is 5.32 Å². The molecule has 1 fully saturated rings. The average Bonchev–Trinajstić information content (AvgIpc) is 2.92. The second-order valence-corrected chi connectivity index (χ2v) is 8.43. The van der Waals surface area contributed by atoms with Crippen LogP contribution in [0.4, 0.5) is 5.69 Å². The molecule has 0 unspecified atom stereocenters. The molecule has 2 heterocycles. The summed E-state index contributed by atoms with van der Waals surface area (Å²) >= 11 is 5.91.